The molecule has 1 saturated heterocycles. The van der Waals surface area contributed by atoms with Crippen LogP contribution in [0.1, 0.15) is 68.1 Å². The lowest BCUT2D eigenvalue weighted by Crippen LogP contribution is -2.40. The van der Waals surface area contributed by atoms with E-state index >= 15 is 0 Å². The second-order valence-electron chi connectivity index (χ2n) is 8.00. The minimum atomic E-state index is -0.00882. The van der Waals surface area contributed by atoms with Gasteiger partial charge in [-0.2, -0.15) is 0 Å². The van der Waals surface area contributed by atoms with Gasteiger partial charge >= 0.3 is 0 Å². The lowest BCUT2D eigenvalue weighted by Gasteiger charge is -2.23. The molecule has 5 heteroatoms. The Hall–Kier alpha value is -1.88. The monoisotopic (exact) mass is 355 g/mol. The second kappa shape index (κ2) is 7.78. The van der Waals surface area contributed by atoms with Crippen LogP contribution >= 0.6 is 0 Å². The zero-order valence-corrected chi connectivity index (χ0v) is 15.4. The van der Waals surface area contributed by atoms with Gasteiger partial charge in [-0.25, -0.2) is 0 Å². The van der Waals surface area contributed by atoms with E-state index in [2.05, 4.69) is 15.5 Å². The molecule has 5 nitrogen and oxygen atoms in total. The summed E-state index contributed by atoms with van der Waals surface area (Å²) in [5.41, 5.74) is 1.43. The molecule has 0 radical (unpaired) electrons. The van der Waals surface area contributed by atoms with Gasteiger partial charge in [0.15, 0.2) is 0 Å². The summed E-state index contributed by atoms with van der Waals surface area (Å²) < 4.78 is 0. The number of benzene rings is 1. The van der Waals surface area contributed by atoms with Crippen molar-refractivity contribution in [3.63, 3.8) is 0 Å². The van der Waals surface area contributed by atoms with Crippen molar-refractivity contribution >= 4 is 17.5 Å². The number of hydrogen-bond donors (Lipinski definition) is 2. The molecule has 140 valence electrons. The van der Waals surface area contributed by atoms with Gasteiger partial charge in [0, 0.05) is 23.3 Å². The fraction of sp³-hybridized carbons (Fsp3) is 0.619. The van der Waals surface area contributed by atoms with Crippen molar-refractivity contribution < 1.29 is 9.59 Å². The van der Waals surface area contributed by atoms with E-state index in [1.54, 1.807) is 12.1 Å². The third-order valence-corrected chi connectivity index (χ3v) is 5.97. The summed E-state index contributed by atoms with van der Waals surface area (Å²) in [6.45, 7) is 1.04. The van der Waals surface area contributed by atoms with Crippen molar-refractivity contribution in [3.05, 3.63) is 29.8 Å². The summed E-state index contributed by atoms with van der Waals surface area (Å²) in [6.07, 6.45) is 10.4. The Morgan fingerprint density at radius 3 is 2.31 bits per heavy atom. The normalized spacial score (nSPS) is 24.4. The highest BCUT2D eigenvalue weighted by atomic mass is 16.2. The third-order valence-electron chi connectivity index (χ3n) is 5.97. The topological polar surface area (TPSA) is 61.4 Å². The zero-order valence-electron chi connectivity index (χ0n) is 15.4. The predicted octanol–water partition coefficient (Wildman–Crippen LogP) is 3.31. The summed E-state index contributed by atoms with van der Waals surface area (Å²) in [6, 6.07) is 8.23. The molecule has 1 heterocycles. The highest BCUT2D eigenvalue weighted by molar-refractivity contribution is 5.97. The number of rotatable bonds is 5. The molecule has 1 aromatic carbocycles. The van der Waals surface area contributed by atoms with Gasteiger partial charge in [-0.3, -0.25) is 14.5 Å². The van der Waals surface area contributed by atoms with E-state index < -0.39 is 0 Å². The maximum Gasteiger partial charge on any atom is 0.251 e. The first kappa shape index (κ1) is 17.5. The van der Waals surface area contributed by atoms with E-state index in [4.69, 9.17) is 0 Å². The molecule has 1 aromatic rings. The first-order valence-electron chi connectivity index (χ1n) is 10.2. The van der Waals surface area contributed by atoms with Crippen LogP contribution in [0.4, 0.5) is 5.69 Å². The van der Waals surface area contributed by atoms with Gasteiger partial charge in [0.2, 0.25) is 5.91 Å². The van der Waals surface area contributed by atoms with Crippen molar-refractivity contribution in [2.75, 3.05) is 11.9 Å². The van der Waals surface area contributed by atoms with E-state index in [0.717, 1.165) is 37.9 Å². The highest BCUT2D eigenvalue weighted by Crippen LogP contribution is 2.33. The number of likely N-dealkylation sites (tertiary alicyclic amines) is 1. The maximum atomic E-state index is 12.6. The van der Waals surface area contributed by atoms with E-state index in [-0.39, 0.29) is 17.9 Å². The van der Waals surface area contributed by atoms with Crippen molar-refractivity contribution in [2.24, 2.45) is 0 Å². The number of carbonyl (C=O) groups excluding carboxylic acids is 2. The number of nitrogens with zero attached hydrogens (tertiary/aromatic N) is 1. The molecule has 2 aliphatic carbocycles. The van der Waals surface area contributed by atoms with Crippen LogP contribution in [-0.2, 0) is 4.79 Å². The maximum absolute atomic E-state index is 12.6. The smallest absolute Gasteiger partial charge is 0.251 e. The molecular weight excluding hydrogens is 326 g/mol. The number of anilines is 1. The number of nitrogens with one attached hydrogen (secondary N) is 2. The van der Waals surface area contributed by atoms with Crippen LogP contribution in [0.5, 0.6) is 0 Å². The molecule has 3 aliphatic rings. The van der Waals surface area contributed by atoms with Gasteiger partial charge in [-0.05, 0) is 69.3 Å². The Morgan fingerprint density at radius 2 is 1.62 bits per heavy atom. The van der Waals surface area contributed by atoms with Gasteiger partial charge in [-0.15, -0.1) is 0 Å². The van der Waals surface area contributed by atoms with Crippen LogP contribution in [0.25, 0.3) is 0 Å². The molecule has 1 atom stereocenters. The summed E-state index contributed by atoms with van der Waals surface area (Å²) in [5, 5.41) is 6.16. The molecule has 1 unspecified atom stereocenters. The van der Waals surface area contributed by atoms with Gasteiger partial charge in [0.05, 0.1) is 6.04 Å². The van der Waals surface area contributed by atoms with Crippen molar-refractivity contribution in [1.29, 1.82) is 0 Å². The van der Waals surface area contributed by atoms with E-state index in [1.165, 1.54) is 32.1 Å². The Bertz CT molecular complexity index is 648. The molecule has 2 N–H and O–H groups in total. The average molecular weight is 355 g/mol. The van der Waals surface area contributed by atoms with Crippen molar-refractivity contribution in [2.45, 2.75) is 75.9 Å². The molecular formula is C21H29N3O2. The Balaban J connectivity index is 1.32. The first-order valence-corrected chi connectivity index (χ1v) is 10.2. The molecule has 4 rings (SSSR count). The fourth-order valence-electron chi connectivity index (χ4n) is 4.36. The van der Waals surface area contributed by atoms with Crippen LogP contribution in [0.2, 0.25) is 0 Å². The molecule has 26 heavy (non-hydrogen) atoms. The van der Waals surface area contributed by atoms with E-state index in [9.17, 15) is 9.59 Å². The Morgan fingerprint density at radius 1 is 0.885 bits per heavy atom. The molecule has 3 fully saturated rings. The Labute approximate surface area is 155 Å². The van der Waals surface area contributed by atoms with E-state index in [1.807, 2.05) is 12.1 Å². The standard InChI is InChI=1S/C21H29N3O2/c25-20(22-16-5-2-1-3-6-16)15-8-10-17(11-9-15)23-21(26)19-7-4-14-24(19)18-12-13-18/h8-11,16,18-19H,1-7,12-14H2,(H,22,25)(H,23,26). The van der Waals surface area contributed by atoms with Gasteiger partial charge in [-0.1, -0.05) is 19.3 Å². The van der Waals surface area contributed by atoms with Gasteiger partial charge in [0.25, 0.3) is 5.91 Å². The highest BCUT2D eigenvalue weighted by Gasteiger charge is 2.39. The number of amides is 2. The molecule has 2 saturated carbocycles. The summed E-state index contributed by atoms with van der Waals surface area (Å²) in [7, 11) is 0. The van der Waals surface area contributed by atoms with E-state index in [0.29, 0.717) is 17.6 Å². The fourth-order valence-corrected chi connectivity index (χ4v) is 4.36. The Kier molecular flexibility index (Phi) is 5.25. The van der Waals surface area contributed by atoms with Crippen molar-refractivity contribution in [1.82, 2.24) is 10.2 Å². The summed E-state index contributed by atoms with van der Waals surface area (Å²) in [4.78, 5) is 27.3. The van der Waals surface area contributed by atoms with Gasteiger partial charge in [0.1, 0.15) is 0 Å². The molecule has 0 bridgehead atoms. The van der Waals surface area contributed by atoms with Crippen LogP contribution in [0.15, 0.2) is 24.3 Å². The number of carbonyl (C=O) groups is 2. The zero-order chi connectivity index (χ0) is 17.9. The lowest BCUT2D eigenvalue weighted by molar-refractivity contribution is -0.120. The second-order valence-corrected chi connectivity index (χ2v) is 8.00. The van der Waals surface area contributed by atoms with Gasteiger partial charge < -0.3 is 10.6 Å². The molecule has 1 aliphatic heterocycles. The first-order chi connectivity index (χ1) is 12.7. The number of hydrogen-bond acceptors (Lipinski definition) is 3. The lowest BCUT2D eigenvalue weighted by atomic mass is 9.95. The molecule has 0 spiro atoms. The van der Waals surface area contributed by atoms with Crippen LogP contribution < -0.4 is 10.6 Å². The summed E-state index contributed by atoms with van der Waals surface area (Å²) >= 11 is 0. The van der Waals surface area contributed by atoms with Crippen LogP contribution in [-0.4, -0.2) is 41.4 Å². The summed E-state index contributed by atoms with van der Waals surface area (Å²) in [5.74, 6) is 0.0827. The third kappa shape index (κ3) is 4.09. The minimum Gasteiger partial charge on any atom is -0.349 e. The van der Waals surface area contributed by atoms with Crippen molar-refractivity contribution in [3.8, 4) is 0 Å². The molecule has 2 amide bonds. The largest absolute Gasteiger partial charge is 0.349 e. The predicted molar refractivity (Wildman–Crippen MR) is 102 cm³/mol. The van der Waals surface area contributed by atoms with Crippen LogP contribution in [0, 0.1) is 0 Å². The average Bonchev–Trinajstić information content (AvgIpc) is 3.39. The SMILES string of the molecule is O=C(NC1CCCCC1)c1ccc(NC(=O)C2CCCN2C2CC2)cc1. The molecule has 0 aromatic heterocycles. The minimum absolute atomic E-state index is 0.00882. The quantitative estimate of drug-likeness (QED) is 0.852. The van der Waals surface area contributed by atoms with Crippen LogP contribution in [0.3, 0.4) is 0 Å².